The molecule has 0 bridgehead atoms. The number of ether oxygens (including phenoxy) is 1. The van der Waals surface area contributed by atoms with Crippen molar-refractivity contribution in [2.45, 2.75) is 26.5 Å². The van der Waals surface area contributed by atoms with Crippen molar-refractivity contribution in [2.24, 2.45) is 9.98 Å². The lowest BCUT2D eigenvalue weighted by atomic mass is 9.92. The Labute approximate surface area is 181 Å². The molecule has 0 saturated carbocycles. The van der Waals surface area contributed by atoms with E-state index in [0.29, 0.717) is 33.9 Å². The van der Waals surface area contributed by atoms with Crippen LogP contribution in [0.15, 0.2) is 95.2 Å². The number of carbonyl (C=O) groups is 1. The summed E-state index contributed by atoms with van der Waals surface area (Å²) in [5, 5.41) is 3.12. The number of benzene rings is 2. The summed E-state index contributed by atoms with van der Waals surface area (Å²) >= 11 is 0. The van der Waals surface area contributed by atoms with E-state index in [9.17, 15) is 9.18 Å². The molecule has 2 aromatic rings. The Balaban J connectivity index is 2.01. The maximum atomic E-state index is 13.7. The highest BCUT2D eigenvalue weighted by atomic mass is 19.1. The van der Waals surface area contributed by atoms with E-state index in [1.165, 1.54) is 18.3 Å². The molecule has 3 rings (SSSR count). The lowest BCUT2D eigenvalue weighted by Gasteiger charge is -2.27. The van der Waals surface area contributed by atoms with E-state index >= 15 is 0 Å². The molecule has 2 aromatic carbocycles. The molecule has 6 heteroatoms. The van der Waals surface area contributed by atoms with Crippen LogP contribution in [-0.4, -0.2) is 17.5 Å². The molecular formula is C25H24FN3O2. The summed E-state index contributed by atoms with van der Waals surface area (Å²) in [7, 11) is 0. The number of carbonyl (C=O) groups excluding carboxylic acids is 1. The van der Waals surface area contributed by atoms with Crippen molar-refractivity contribution in [1.82, 2.24) is 5.32 Å². The van der Waals surface area contributed by atoms with Crippen molar-refractivity contribution in [1.29, 1.82) is 0 Å². The quantitative estimate of drug-likeness (QED) is 0.511. The highest BCUT2D eigenvalue weighted by Crippen LogP contribution is 2.34. The number of aliphatic imine (C=N–C) groups is 2. The summed E-state index contributed by atoms with van der Waals surface area (Å²) in [5.74, 6) is -0.403. The van der Waals surface area contributed by atoms with E-state index in [2.05, 4.69) is 23.5 Å². The summed E-state index contributed by atoms with van der Waals surface area (Å²) in [6.07, 6.45) is 2.94. The molecule has 1 N–H and O–H groups in total. The van der Waals surface area contributed by atoms with Gasteiger partial charge in [-0.15, -0.1) is 0 Å². The second-order valence-electron chi connectivity index (χ2n) is 7.01. The van der Waals surface area contributed by atoms with Crippen molar-refractivity contribution < 1.29 is 13.9 Å². The number of rotatable bonds is 7. The van der Waals surface area contributed by atoms with Gasteiger partial charge in [0.25, 0.3) is 0 Å². The first kappa shape index (κ1) is 21.9. The molecule has 0 aliphatic carbocycles. The third-order valence-electron chi connectivity index (χ3n) is 4.87. The first-order valence-electron chi connectivity index (χ1n) is 9.78. The third-order valence-corrected chi connectivity index (χ3v) is 4.87. The SMILES string of the molecule is C=CN=C(C=C)C1=NC(c2ccc(F)cc2C)C(C(=O)OCc2ccccc2)=C(C)N1. The van der Waals surface area contributed by atoms with Gasteiger partial charge in [-0.3, -0.25) is 9.98 Å². The van der Waals surface area contributed by atoms with E-state index in [0.717, 1.165) is 5.56 Å². The number of allylic oxidation sites excluding steroid dienone is 1. The first-order valence-corrected chi connectivity index (χ1v) is 9.78. The van der Waals surface area contributed by atoms with Crippen LogP contribution in [0.25, 0.3) is 0 Å². The Morgan fingerprint density at radius 3 is 2.61 bits per heavy atom. The van der Waals surface area contributed by atoms with Gasteiger partial charge in [0.15, 0.2) is 5.84 Å². The number of esters is 1. The van der Waals surface area contributed by atoms with Crippen LogP contribution in [0.1, 0.15) is 29.7 Å². The molecule has 1 atom stereocenters. The lowest BCUT2D eigenvalue weighted by Crippen LogP contribution is -2.36. The van der Waals surface area contributed by atoms with Crippen LogP contribution < -0.4 is 5.32 Å². The number of aryl methyl sites for hydroxylation is 1. The molecule has 0 saturated heterocycles. The van der Waals surface area contributed by atoms with Gasteiger partial charge in [0.1, 0.15) is 24.2 Å². The Hall–Kier alpha value is -3.80. The van der Waals surface area contributed by atoms with Gasteiger partial charge in [-0.2, -0.15) is 0 Å². The Morgan fingerprint density at radius 2 is 1.97 bits per heavy atom. The minimum absolute atomic E-state index is 0.137. The molecule has 1 aliphatic rings. The van der Waals surface area contributed by atoms with Gasteiger partial charge >= 0.3 is 5.97 Å². The van der Waals surface area contributed by atoms with E-state index in [1.54, 1.807) is 26.0 Å². The third kappa shape index (κ3) is 5.04. The highest BCUT2D eigenvalue weighted by molar-refractivity contribution is 6.46. The van der Waals surface area contributed by atoms with Gasteiger partial charge in [-0.25, -0.2) is 9.18 Å². The van der Waals surface area contributed by atoms with Crippen LogP contribution in [0, 0.1) is 12.7 Å². The van der Waals surface area contributed by atoms with Crippen molar-refractivity contribution in [3.63, 3.8) is 0 Å². The topological polar surface area (TPSA) is 63.0 Å². The van der Waals surface area contributed by atoms with Gasteiger partial charge in [0, 0.05) is 11.9 Å². The normalized spacial score (nSPS) is 16.3. The van der Waals surface area contributed by atoms with Crippen molar-refractivity contribution in [3.8, 4) is 0 Å². The molecule has 1 aliphatic heterocycles. The van der Waals surface area contributed by atoms with Gasteiger partial charge in [-0.05, 0) is 48.7 Å². The van der Waals surface area contributed by atoms with Crippen LogP contribution in [0.5, 0.6) is 0 Å². The maximum Gasteiger partial charge on any atom is 0.338 e. The van der Waals surface area contributed by atoms with Gasteiger partial charge in [0.2, 0.25) is 0 Å². The molecule has 1 heterocycles. The average Bonchev–Trinajstić information content (AvgIpc) is 2.76. The summed E-state index contributed by atoms with van der Waals surface area (Å²) in [5.41, 5.74) is 3.68. The number of hydrogen-bond donors (Lipinski definition) is 1. The van der Waals surface area contributed by atoms with E-state index in [1.807, 2.05) is 30.3 Å². The number of hydrogen-bond acceptors (Lipinski definition) is 5. The van der Waals surface area contributed by atoms with Crippen LogP contribution >= 0.6 is 0 Å². The molecule has 31 heavy (non-hydrogen) atoms. The zero-order valence-corrected chi connectivity index (χ0v) is 17.6. The zero-order chi connectivity index (χ0) is 22.4. The fourth-order valence-corrected chi connectivity index (χ4v) is 3.35. The minimum Gasteiger partial charge on any atom is -0.457 e. The number of halogens is 1. The highest BCUT2D eigenvalue weighted by Gasteiger charge is 2.32. The predicted molar refractivity (Wildman–Crippen MR) is 121 cm³/mol. The molecule has 1 unspecified atom stereocenters. The molecule has 0 fully saturated rings. The van der Waals surface area contributed by atoms with E-state index in [4.69, 9.17) is 9.73 Å². The standard InChI is InChI=1S/C25H24FN3O2/c1-5-21(27-6-2)24-28-17(4)22(25(30)31-15-18-10-8-7-9-11-18)23(29-24)20-13-12-19(26)14-16(20)3/h5-14,23H,1-2,15H2,3-4H3,(H,28,29). The summed E-state index contributed by atoms with van der Waals surface area (Å²) in [6, 6.07) is 13.2. The van der Waals surface area contributed by atoms with Crippen molar-refractivity contribution in [3.05, 3.63) is 108 Å². The molecular weight excluding hydrogens is 393 g/mol. The first-order chi connectivity index (χ1) is 14.9. The molecule has 5 nitrogen and oxygen atoms in total. The molecule has 0 radical (unpaired) electrons. The Morgan fingerprint density at radius 1 is 1.23 bits per heavy atom. The molecule has 0 amide bonds. The van der Waals surface area contributed by atoms with Crippen molar-refractivity contribution in [2.75, 3.05) is 0 Å². The monoisotopic (exact) mass is 417 g/mol. The Bertz CT molecular complexity index is 1100. The van der Waals surface area contributed by atoms with Gasteiger partial charge in [-0.1, -0.05) is 49.6 Å². The van der Waals surface area contributed by atoms with Crippen LogP contribution in [0.3, 0.4) is 0 Å². The number of amidine groups is 1. The molecule has 0 aromatic heterocycles. The Kier molecular flexibility index (Phi) is 6.92. The van der Waals surface area contributed by atoms with Crippen LogP contribution in [0.4, 0.5) is 4.39 Å². The second kappa shape index (κ2) is 9.80. The van der Waals surface area contributed by atoms with Crippen molar-refractivity contribution >= 4 is 17.5 Å². The zero-order valence-electron chi connectivity index (χ0n) is 17.6. The molecule has 0 spiro atoms. The number of nitrogens with one attached hydrogen (secondary N) is 1. The summed E-state index contributed by atoms with van der Waals surface area (Å²) < 4.78 is 19.3. The number of nitrogens with zero attached hydrogens (tertiary/aromatic N) is 2. The largest absolute Gasteiger partial charge is 0.457 e. The maximum absolute atomic E-state index is 13.7. The minimum atomic E-state index is -0.685. The second-order valence-corrected chi connectivity index (χ2v) is 7.01. The summed E-state index contributed by atoms with van der Waals surface area (Å²) in [4.78, 5) is 22.0. The predicted octanol–water partition coefficient (Wildman–Crippen LogP) is 4.96. The van der Waals surface area contributed by atoms with E-state index < -0.39 is 12.0 Å². The van der Waals surface area contributed by atoms with Gasteiger partial charge < -0.3 is 10.1 Å². The summed E-state index contributed by atoms with van der Waals surface area (Å²) in [6.45, 7) is 11.1. The smallest absolute Gasteiger partial charge is 0.338 e. The fraction of sp³-hybridized carbons (Fsp3) is 0.160. The lowest BCUT2D eigenvalue weighted by molar-refractivity contribution is -0.140. The average molecular weight is 417 g/mol. The van der Waals surface area contributed by atoms with Gasteiger partial charge in [0.05, 0.1) is 5.57 Å². The van der Waals surface area contributed by atoms with E-state index in [-0.39, 0.29) is 12.4 Å². The molecule has 158 valence electrons. The van der Waals surface area contributed by atoms with Crippen LogP contribution in [0.2, 0.25) is 0 Å². The fourth-order valence-electron chi connectivity index (χ4n) is 3.35. The van der Waals surface area contributed by atoms with Crippen LogP contribution in [-0.2, 0) is 16.1 Å².